The van der Waals surface area contributed by atoms with Crippen LogP contribution in [-0.2, 0) is 6.42 Å². The third-order valence-corrected chi connectivity index (χ3v) is 2.99. The van der Waals surface area contributed by atoms with Gasteiger partial charge in [-0.25, -0.2) is 0 Å². The van der Waals surface area contributed by atoms with Gasteiger partial charge in [-0.15, -0.1) is 11.3 Å². The molecular weight excluding hydrogens is 210 g/mol. The highest BCUT2D eigenvalue weighted by atomic mass is 32.1. The lowest BCUT2D eigenvalue weighted by molar-refractivity contribution is 0.316. The first-order chi connectivity index (χ1) is 7.22. The summed E-state index contributed by atoms with van der Waals surface area (Å²) in [5.74, 6) is 0.269. The zero-order chi connectivity index (χ0) is 11.1. The highest BCUT2D eigenvalue weighted by Gasteiger charge is 2.03. The Labute approximate surface area is 93.8 Å². The number of nitrogens with zero attached hydrogens (tertiary/aromatic N) is 1. The summed E-state index contributed by atoms with van der Waals surface area (Å²) < 4.78 is 0. The van der Waals surface area contributed by atoms with Crippen LogP contribution < -0.4 is 11.1 Å². The van der Waals surface area contributed by atoms with Crippen molar-refractivity contribution in [3.05, 3.63) is 22.4 Å². The monoisotopic (exact) mass is 227 g/mol. The fourth-order valence-corrected chi connectivity index (χ4v) is 2.13. The second-order valence-corrected chi connectivity index (χ2v) is 4.51. The average molecular weight is 227 g/mol. The molecule has 0 bridgehead atoms. The quantitative estimate of drug-likeness (QED) is 0.298. The zero-order valence-electron chi connectivity index (χ0n) is 8.81. The number of nitrogens with two attached hydrogens (primary N) is 1. The second kappa shape index (κ2) is 6.42. The molecule has 4 nitrogen and oxygen atoms in total. The van der Waals surface area contributed by atoms with E-state index < -0.39 is 0 Å². The third-order valence-electron chi connectivity index (χ3n) is 2.09. The first-order valence-corrected chi connectivity index (χ1v) is 5.82. The Morgan fingerprint density at radius 3 is 3.13 bits per heavy atom. The van der Waals surface area contributed by atoms with Crippen molar-refractivity contribution in [3.8, 4) is 0 Å². The van der Waals surface area contributed by atoms with E-state index in [9.17, 15) is 0 Å². The summed E-state index contributed by atoms with van der Waals surface area (Å²) in [6, 6.07) is 4.60. The summed E-state index contributed by atoms with van der Waals surface area (Å²) in [5, 5.41) is 16.7. The van der Waals surface area contributed by atoms with Gasteiger partial charge in [0.25, 0.3) is 0 Å². The van der Waals surface area contributed by atoms with Gasteiger partial charge in [0, 0.05) is 23.9 Å². The van der Waals surface area contributed by atoms with Gasteiger partial charge in [-0.05, 0) is 24.8 Å². The number of rotatable bonds is 6. The topological polar surface area (TPSA) is 70.6 Å². The van der Waals surface area contributed by atoms with E-state index in [4.69, 9.17) is 10.9 Å². The number of nitrogens with one attached hydrogen (secondary N) is 1. The Balaban J connectivity index is 2.17. The molecule has 4 N–H and O–H groups in total. The normalized spacial score (nSPS) is 14.1. The third kappa shape index (κ3) is 4.80. The summed E-state index contributed by atoms with van der Waals surface area (Å²) in [6.07, 6.45) is 1.60. The summed E-state index contributed by atoms with van der Waals surface area (Å²) in [6.45, 7) is 2.87. The molecule has 0 aromatic carbocycles. The molecule has 0 amide bonds. The number of hydrogen-bond acceptors (Lipinski definition) is 4. The van der Waals surface area contributed by atoms with Gasteiger partial charge in [-0.1, -0.05) is 11.2 Å². The van der Waals surface area contributed by atoms with E-state index >= 15 is 0 Å². The molecule has 5 heteroatoms. The van der Waals surface area contributed by atoms with Crippen LogP contribution in [0, 0.1) is 0 Å². The van der Waals surface area contributed by atoms with Crippen LogP contribution in [0.25, 0.3) is 0 Å². The molecule has 1 atom stereocenters. The van der Waals surface area contributed by atoms with Crippen LogP contribution in [0.1, 0.15) is 18.2 Å². The SMILES string of the molecule is CC(Cc1cccs1)NCCC(N)=NO. The van der Waals surface area contributed by atoms with Gasteiger partial charge in [-0.2, -0.15) is 0 Å². The highest BCUT2D eigenvalue weighted by Crippen LogP contribution is 2.10. The lowest BCUT2D eigenvalue weighted by atomic mass is 10.2. The maximum Gasteiger partial charge on any atom is 0.140 e. The first-order valence-electron chi connectivity index (χ1n) is 4.94. The van der Waals surface area contributed by atoms with Gasteiger partial charge >= 0.3 is 0 Å². The van der Waals surface area contributed by atoms with Crippen LogP contribution in [0.15, 0.2) is 22.7 Å². The van der Waals surface area contributed by atoms with Crippen molar-refractivity contribution in [3.63, 3.8) is 0 Å². The van der Waals surface area contributed by atoms with Crippen LogP contribution in [0.4, 0.5) is 0 Å². The van der Waals surface area contributed by atoms with E-state index in [1.807, 2.05) is 0 Å². The molecule has 0 radical (unpaired) electrons. The Hall–Kier alpha value is -1.07. The molecule has 0 aliphatic heterocycles. The van der Waals surface area contributed by atoms with Crippen LogP contribution in [0.3, 0.4) is 0 Å². The first kappa shape index (κ1) is 12.0. The predicted octanol–water partition coefficient (Wildman–Crippen LogP) is 1.41. The molecule has 0 spiro atoms. The van der Waals surface area contributed by atoms with E-state index in [0.29, 0.717) is 12.5 Å². The molecule has 0 fully saturated rings. The maximum absolute atomic E-state index is 8.34. The predicted molar refractivity (Wildman–Crippen MR) is 63.5 cm³/mol. The number of amidine groups is 1. The van der Waals surface area contributed by atoms with Crippen LogP contribution >= 0.6 is 11.3 Å². The molecule has 15 heavy (non-hydrogen) atoms. The van der Waals surface area contributed by atoms with Gasteiger partial charge in [0.2, 0.25) is 0 Å². The summed E-state index contributed by atoms with van der Waals surface area (Å²) in [4.78, 5) is 1.37. The van der Waals surface area contributed by atoms with Gasteiger partial charge < -0.3 is 16.3 Å². The second-order valence-electron chi connectivity index (χ2n) is 3.48. The van der Waals surface area contributed by atoms with Gasteiger partial charge in [0.05, 0.1) is 0 Å². The van der Waals surface area contributed by atoms with E-state index in [1.165, 1.54) is 4.88 Å². The van der Waals surface area contributed by atoms with Gasteiger partial charge in [0.1, 0.15) is 5.84 Å². The van der Waals surface area contributed by atoms with Crippen LogP contribution in [-0.4, -0.2) is 23.6 Å². The molecule has 0 aliphatic carbocycles. The lowest BCUT2D eigenvalue weighted by Gasteiger charge is -2.11. The van der Waals surface area contributed by atoms with Crippen molar-refractivity contribution in [2.24, 2.45) is 10.9 Å². The number of oxime groups is 1. The maximum atomic E-state index is 8.34. The molecule has 1 aromatic rings. The Kier molecular flexibility index (Phi) is 5.14. The van der Waals surface area contributed by atoms with Crippen molar-refractivity contribution >= 4 is 17.2 Å². The van der Waals surface area contributed by atoms with Crippen molar-refractivity contribution in [1.82, 2.24) is 5.32 Å². The minimum Gasteiger partial charge on any atom is -0.409 e. The summed E-state index contributed by atoms with van der Waals surface area (Å²) in [5.41, 5.74) is 5.36. The Bertz CT molecular complexity index is 298. The van der Waals surface area contributed by atoms with E-state index in [2.05, 4.69) is 34.9 Å². The minimum absolute atomic E-state index is 0.269. The molecular formula is C10H17N3OS. The molecule has 0 saturated heterocycles. The van der Waals surface area contributed by atoms with Crippen molar-refractivity contribution in [2.75, 3.05) is 6.54 Å². The van der Waals surface area contributed by atoms with E-state index in [-0.39, 0.29) is 5.84 Å². The lowest BCUT2D eigenvalue weighted by Crippen LogP contribution is -2.31. The Morgan fingerprint density at radius 1 is 1.73 bits per heavy atom. The number of thiophene rings is 1. The van der Waals surface area contributed by atoms with Crippen molar-refractivity contribution in [1.29, 1.82) is 0 Å². The van der Waals surface area contributed by atoms with E-state index in [0.717, 1.165) is 13.0 Å². The molecule has 0 saturated carbocycles. The van der Waals surface area contributed by atoms with E-state index in [1.54, 1.807) is 11.3 Å². The average Bonchev–Trinajstić information content (AvgIpc) is 2.70. The van der Waals surface area contributed by atoms with Crippen molar-refractivity contribution < 1.29 is 5.21 Å². The van der Waals surface area contributed by atoms with Gasteiger partial charge in [-0.3, -0.25) is 0 Å². The van der Waals surface area contributed by atoms with Crippen LogP contribution in [0.2, 0.25) is 0 Å². The Morgan fingerprint density at radius 2 is 2.53 bits per heavy atom. The minimum atomic E-state index is 0.269. The molecule has 1 unspecified atom stereocenters. The van der Waals surface area contributed by atoms with Crippen molar-refractivity contribution in [2.45, 2.75) is 25.8 Å². The molecule has 1 aromatic heterocycles. The molecule has 84 valence electrons. The fourth-order valence-electron chi connectivity index (χ4n) is 1.30. The summed E-state index contributed by atoms with van der Waals surface area (Å²) in [7, 11) is 0. The fraction of sp³-hybridized carbons (Fsp3) is 0.500. The van der Waals surface area contributed by atoms with Gasteiger partial charge in [0.15, 0.2) is 0 Å². The smallest absolute Gasteiger partial charge is 0.140 e. The molecule has 0 aliphatic rings. The number of hydrogen-bond donors (Lipinski definition) is 3. The summed E-state index contributed by atoms with van der Waals surface area (Å²) >= 11 is 1.77. The zero-order valence-corrected chi connectivity index (χ0v) is 9.63. The standard InChI is InChI=1S/C10H17N3OS/c1-8(7-9-3-2-6-15-9)12-5-4-10(11)13-14/h2-3,6,8,12,14H,4-5,7H2,1H3,(H2,11,13). The highest BCUT2D eigenvalue weighted by molar-refractivity contribution is 7.09. The largest absolute Gasteiger partial charge is 0.409 e. The van der Waals surface area contributed by atoms with Crippen LogP contribution in [0.5, 0.6) is 0 Å². The molecule has 1 heterocycles. The molecule has 1 rings (SSSR count).